The molecule has 0 aliphatic heterocycles. The second kappa shape index (κ2) is 5.02. The average molecular weight is 139 g/mol. The maximum absolute atomic E-state index is 9.58. The van der Waals surface area contributed by atoms with Crippen LogP contribution in [-0.4, -0.2) is 20.1 Å². The molecule has 1 N–H and O–H groups in total. The zero-order valence-corrected chi connectivity index (χ0v) is 5.01. The first kappa shape index (κ1) is 7.87. The molecule has 0 aromatic heterocycles. The van der Waals surface area contributed by atoms with Gasteiger partial charge < -0.3 is 5.11 Å². The van der Waals surface area contributed by atoms with E-state index in [4.69, 9.17) is 5.11 Å². The molecule has 49 valence electrons. The van der Waals surface area contributed by atoms with Gasteiger partial charge in [0.1, 0.15) is 6.61 Å². The summed E-state index contributed by atoms with van der Waals surface area (Å²) in [6.07, 6.45) is 0.239. The lowest BCUT2D eigenvalue weighted by Crippen LogP contribution is -1.87. The summed E-state index contributed by atoms with van der Waals surface area (Å²) in [4.78, 5) is 0. The minimum absolute atomic E-state index is 0.0941. The average Bonchev–Trinajstić information content (AvgIpc) is 1.66. The second-order valence-corrected chi connectivity index (χ2v) is 1.67. The van der Waals surface area contributed by atoms with Crippen molar-refractivity contribution in [3.63, 3.8) is 0 Å². The van der Waals surface area contributed by atoms with E-state index in [1.165, 1.54) is 0 Å². The van der Waals surface area contributed by atoms with E-state index < -0.39 is 11.0 Å². The lowest BCUT2D eigenvalue weighted by molar-refractivity contribution is 0.273. The third-order valence-electron chi connectivity index (χ3n) is 0.408. The highest BCUT2D eigenvalue weighted by molar-refractivity contribution is 7.67. The monoisotopic (exact) mass is 139 g/mol. The summed E-state index contributed by atoms with van der Waals surface area (Å²) < 4.78 is 23.1. The predicted molar refractivity (Wildman–Crippen MR) is 27.4 cm³/mol. The van der Waals surface area contributed by atoms with Gasteiger partial charge in [-0.25, -0.2) is 8.42 Å². The van der Waals surface area contributed by atoms with Crippen LogP contribution in [-0.2, 0) is 15.2 Å². The van der Waals surface area contributed by atoms with Crippen molar-refractivity contribution in [2.45, 2.75) is 6.42 Å². The number of hydrogen-bond donors (Lipinski definition) is 2. The van der Waals surface area contributed by atoms with E-state index in [1.54, 1.807) is 0 Å². The topological polar surface area (TPSA) is 63.6 Å². The molecule has 4 nitrogen and oxygen atoms in total. The fourth-order valence-electron chi connectivity index (χ4n) is 0.166. The molecule has 0 aromatic carbocycles. The Bertz CT molecular complexity index is 99.9. The van der Waals surface area contributed by atoms with Gasteiger partial charge in [-0.3, -0.25) is 4.18 Å². The molecule has 0 heterocycles. The van der Waals surface area contributed by atoms with Crippen molar-refractivity contribution in [1.82, 2.24) is 0 Å². The summed E-state index contributed by atoms with van der Waals surface area (Å²) in [6, 6.07) is 0. The summed E-state index contributed by atoms with van der Waals surface area (Å²) in [5.41, 5.74) is 0. The quantitative estimate of drug-likeness (QED) is 0.390. The molecule has 0 rings (SSSR count). The molecule has 8 heavy (non-hydrogen) atoms. The van der Waals surface area contributed by atoms with Gasteiger partial charge in [0, 0.05) is 13.0 Å². The molecule has 0 saturated heterocycles. The normalized spacial score (nSPS) is 10.2. The van der Waals surface area contributed by atoms with Crippen LogP contribution in [0.15, 0.2) is 0 Å². The van der Waals surface area contributed by atoms with Crippen LogP contribution in [0.1, 0.15) is 6.42 Å². The summed E-state index contributed by atoms with van der Waals surface area (Å²) in [5, 5.41) is 8.07. The molecule has 0 saturated carbocycles. The Morgan fingerprint density at radius 3 is 2.62 bits per heavy atom. The summed E-state index contributed by atoms with van der Waals surface area (Å²) in [6.45, 7) is 0.939. The Balaban J connectivity index is 2.94. The van der Waals surface area contributed by atoms with E-state index >= 15 is 0 Å². The smallest absolute Gasteiger partial charge is 0.257 e. The highest BCUT2D eigenvalue weighted by Crippen LogP contribution is 1.85. The SMILES string of the molecule is O=[SH](=O)O[CH]CCO. The summed E-state index contributed by atoms with van der Waals surface area (Å²) in [7, 11) is -2.78. The van der Waals surface area contributed by atoms with Crippen molar-refractivity contribution < 1.29 is 17.7 Å². The molecule has 0 unspecified atom stereocenters. The molecule has 0 aliphatic carbocycles. The minimum atomic E-state index is -2.78. The van der Waals surface area contributed by atoms with Crippen molar-refractivity contribution in [2.24, 2.45) is 0 Å². The Labute approximate surface area is 49.2 Å². The highest BCUT2D eigenvalue weighted by atomic mass is 32.2. The van der Waals surface area contributed by atoms with Gasteiger partial charge in [-0.2, -0.15) is 0 Å². The van der Waals surface area contributed by atoms with Crippen LogP contribution in [0.5, 0.6) is 0 Å². The Kier molecular flexibility index (Phi) is 4.93. The number of aliphatic hydroxyl groups is 1. The number of thiol groups is 1. The van der Waals surface area contributed by atoms with Crippen LogP contribution in [0, 0.1) is 6.61 Å². The van der Waals surface area contributed by atoms with Gasteiger partial charge in [-0.1, -0.05) is 0 Å². The van der Waals surface area contributed by atoms with E-state index in [-0.39, 0.29) is 13.0 Å². The Hall–Kier alpha value is -0.130. The van der Waals surface area contributed by atoms with Gasteiger partial charge in [0.25, 0.3) is 11.0 Å². The summed E-state index contributed by atoms with van der Waals surface area (Å²) in [5.74, 6) is 0. The van der Waals surface area contributed by atoms with E-state index in [0.29, 0.717) is 0 Å². The second-order valence-electron chi connectivity index (χ2n) is 1.01. The molecular weight excluding hydrogens is 132 g/mol. The maximum Gasteiger partial charge on any atom is 0.257 e. The number of rotatable bonds is 4. The molecule has 1 radical (unpaired) electrons. The van der Waals surface area contributed by atoms with Gasteiger partial charge in [-0.05, 0) is 0 Å². The third-order valence-corrected chi connectivity index (χ3v) is 0.729. The van der Waals surface area contributed by atoms with Gasteiger partial charge in [0.2, 0.25) is 0 Å². The van der Waals surface area contributed by atoms with E-state index in [9.17, 15) is 8.42 Å². The molecule has 0 spiro atoms. The van der Waals surface area contributed by atoms with Crippen LogP contribution in [0.2, 0.25) is 0 Å². The van der Waals surface area contributed by atoms with Crippen molar-refractivity contribution in [3.8, 4) is 0 Å². The van der Waals surface area contributed by atoms with Gasteiger partial charge in [0.05, 0.1) is 0 Å². The van der Waals surface area contributed by atoms with Crippen LogP contribution in [0.3, 0.4) is 0 Å². The molecule has 0 aromatic rings. The van der Waals surface area contributed by atoms with Crippen LogP contribution in [0.4, 0.5) is 0 Å². The molecule has 0 atom stereocenters. The standard InChI is InChI=1S/C3H7O4S/c4-2-1-3-7-8(5)6/h3-4,8H,1-2H2. The molecule has 0 amide bonds. The molecule has 0 bridgehead atoms. The number of hydrogen-bond acceptors (Lipinski definition) is 4. The van der Waals surface area contributed by atoms with E-state index in [1.807, 2.05) is 0 Å². The Morgan fingerprint density at radius 1 is 1.62 bits per heavy atom. The van der Waals surface area contributed by atoms with Crippen LogP contribution >= 0.6 is 0 Å². The molecule has 0 aliphatic rings. The largest absolute Gasteiger partial charge is 0.396 e. The van der Waals surface area contributed by atoms with Crippen molar-refractivity contribution in [1.29, 1.82) is 0 Å². The van der Waals surface area contributed by atoms with E-state index in [2.05, 4.69) is 4.18 Å². The van der Waals surface area contributed by atoms with Crippen LogP contribution in [0.25, 0.3) is 0 Å². The van der Waals surface area contributed by atoms with Gasteiger partial charge in [-0.15, -0.1) is 0 Å². The minimum Gasteiger partial charge on any atom is -0.396 e. The lowest BCUT2D eigenvalue weighted by atomic mass is 10.5. The maximum atomic E-state index is 9.58. The first-order chi connectivity index (χ1) is 3.77. The summed E-state index contributed by atoms with van der Waals surface area (Å²) >= 11 is 0. The fraction of sp³-hybridized carbons (Fsp3) is 0.667. The zero-order chi connectivity index (χ0) is 6.41. The lowest BCUT2D eigenvalue weighted by Gasteiger charge is -1.87. The molecule has 0 fully saturated rings. The van der Waals surface area contributed by atoms with Gasteiger partial charge in [0.15, 0.2) is 0 Å². The number of aliphatic hydroxyl groups excluding tert-OH is 1. The van der Waals surface area contributed by atoms with Crippen LogP contribution < -0.4 is 0 Å². The van der Waals surface area contributed by atoms with Gasteiger partial charge >= 0.3 is 0 Å². The molecular formula is C3H7O4S. The predicted octanol–water partition coefficient (Wildman–Crippen LogP) is -0.926. The first-order valence-electron chi connectivity index (χ1n) is 2.01. The van der Waals surface area contributed by atoms with Crippen molar-refractivity contribution in [3.05, 3.63) is 6.61 Å². The van der Waals surface area contributed by atoms with Crippen molar-refractivity contribution in [2.75, 3.05) is 6.61 Å². The third kappa shape index (κ3) is 5.87. The van der Waals surface area contributed by atoms with E-state index in [0.717, 1.165) is 6.61 Å². The Morgan fingerprint density at radius 2 is 2.25 bits per heavy atom. The van der Waals surface area contributed by atoms with Crippen molar-refractivity contribution >= 4 is 11.0 Å². The zero-order valence-electron chi connectivity index (χ0n) is 4.11. The fourth-order valence-corrected chi connectivity index (χ4v) is 0.393. The first-order valence-corrected chi connectivity index (χ1v) is 3.10. The molecule has 5 heteroatoms. The highest BCUT2D eigenvalue weighted by Gasteiger charge is 1.85.